The molecule has 3 nitrogen and oxygen atoms in total. The number of nitrogens with one attached hydrogen (secondary N) is 1. The van der Waals surface area contributed by atoms with Crippen LogP contribution in [-0.4, -0.2) is 12.2 Å². The van der Waals surface area contributed by atoms with E-state index in [9.17, 15) is 5.11 Å². The summed E-state index contributed by atoms with van der Waals surface area (Å²) in [6.07, 6.45) is -0.0865. The highest BCUT2D eigenvalue weighted by Gasteiger charge is 2.18. The largest absolute Gasteiger partial charge is 0.497 e. The number of aliphatic hydroxyl groups excluding tert-OH is 1. The molecule has 2 unspecified atom stereocenters. The van der Waals surface area contributed by atoms with E-state index in [4.69, 9.17) is 16.3 Å². The van der Waals surface area contributed by atoms with Gasteiger partial charge in [-0.3, -0.25) is 0 Å². The van der Waals surface area contributed by atoms with Crippen LogP contribution in [-0.2, 0) is 0 Å². The molecule has 0 radical (unpaired) electrons. The predicted molar refractivity (Wildman–Crippen MR) is 115 cm³/mol. The van der Waals surface area contributed by atoms with Gasteiger partial charge >= 0.3 is 0 Å². The summed E-state index contributed by atoms with van der Waals surface area (Å²) in [5.41, 5.74) is 2.91. The molecule has 0 amide bonds. The number of anilines is 1. The SMILES string of the molecule is COc1ccc(NC(CC(O)c2ccc(Cl)cc2)c2ccc(Br)cc2)cc1. The lowest BCUT2D eigenvalue weighted by Crippen LogP contribution is -2.15. The van der Waals surface area contributed by atoms with Crippen LogP contribution in [0, 0.1) is 0 Å². The second kappa shape index (κ2) is 9.27. The molecule has 3 aromatic carbocycles. The zero-order valence-corrected chi connectivity index (χ0v) is 17.2. The molecule has 2 atom stereocenters. The highest BCUT2D eigenvalue weighted by molar-refractivity contribution is 9.10. The van der Waals surface area contributed by atoms with Crippen LogP contribution >= 0.6 is 27.5 Å². The Hall–Kier alpha value is -2.01. The van der Waals surface area contributed by atoms with E-state index in [0.717, 1.165) is 27.0 Å². The molecule has 3 rings (SSSR count). The normalized spacial score (nSPS) is 13.0. The molecule has 0 fully saturated rings. The van der Waals surface area contributed by atoms with Crippen LogP contribution in [0.4, 0.5) is 5.69 Å². The van der Waals surface area contributed by atoms with E-state index in [1.807, 2.05) is 48.5 Å². The highest BCUT2D eigenvalue weighted by Crippen LogP contribution is 2.31. The van der Waals surface area contributed by atoms with Crippen molar-refractivity contribution in [3.63, 3.8) is 0 Å². The number of methoxy groups -OCH3 is 1. The molecular formula is C22H21BrClNO2. The van der Waals surface area contributed by atoms with Crippen molar-refractivity contribution in [1.82, 2.24) is 0 Å². The van der Waals surface area contributed by atoms with E-state index in [0.29, 0.717) is 11.4 Å². The van der Waals surface area contributed by atoms with Gasteiger partial charge in [-0.15, -0.1) is 0 Å². The molecule has 0 aliphatic heterocycles. The van der Waals surface area contributed by atoms with Crippen molar-refractivity contribution in [3.05, 3.63) is 93.4 Å². The van der Waals surface area contributed by atoms with E-state index >= 15 is 0 Å². The highest BCUT2D eigenvalue weighted by atomic mass is 79.9. The summed E-state index contributed by atoms with van der Waals surface area (Å²) < 4.78 is 6.24. The fourth-order valence-corrected chi connectivity index (χ4v) is 3.30. The fourth-order valence-electron chi connectivity index (χ4n) is 2.91. The summed E-state index contributed by atoms with van der Waals surface area (Å²) in [4.78, 5) is 0. The van der Waals surface area contributed by atoms with Gasteiger partial charge in [0, 0.05) is 21.6 Å². The van der Waals surface area contributed by atoms with Gasteiger partial charge < -0.3 is 15.2 Å². The summed E-state index contributed by atoms with van der Waals surface area (Å²) in [6, 6.07) is 23.2. The summed E-state index contributed by atoms with van der Waals surface area (Å²) in [7, 11) is 1.65. The van der Waals surface area contributed by atoms with Crippen LogP contribution in [0.25, 0.3) is 0 Å². The Bertz CT molecular complexity index is 851. The smallest absolute Gasteiger partial charge is 0.119 e. The van der Waals surface area contributed by atoms with Crippen LogP contribution in [0.15, 0.2) is 77.3 Å². The van der Waals surface area contributed by atoms with Gasteiger partial charge in [0.1, 0.15) is 5.75 Å². The first-order valence-corrected chi connectivity index (χ1v) is 9.82. The van der Waals surface area contributed by atoms with Gasteiger partial charge in [0.15, 0.2) is 0 Å². The maximum atomic E-state index is 10.7. The van der Waals surface area contributed by atoms with Crippen molar-refractivity contribution < 1.29 is 9.84 Å². The lowest BCUT2D eigenvalue weighted by Gasteiger charge is -2.24. The molecule has 0 spiro atoms. The lowest BCUT2D eigenvalue weighted by atomic mass is 9.96. The molecular weight excluding hydrogens is 426 g/mol. The average molecular weight is 447 g/mol. The second-order valence-electron chi connectivity index (χ2n) is 6.28. The Labute approximate surface area is 173 Å². The molecule has 0 saturated carbocycles. The number of halogens is 2. The maximum Gasteiger partial charge on any atom is 0.119 e. The third-order valence-electron chi connectivity index (χ3n) is 4.42. The van der Waals surface area contributed by atoms with Gasteiger partial charge in [-0.25, -0.2) is 0 Å². The van der Waals surface area contributed by atoms with Crippen molar-refractivity contribution in [2.24, 2.45) is 0 Å². The molecule has 0 heterocycles. The van der Waals surface area contributed by atoms with Gasteiger partial charge in [0.05, 0.1) is 19.3 Å². The third-order valence-corrected chi connectivity index (χ3v) is 5.20. The summed E-state index contributed by atoms with van der Waals surface area (Å²) in [5, 5.41) is 14.9. The summed E-state index contributed by atoms with van der Waals surface area (Å²) >= 11 is 9.43. The Morgan fingerprint density at radius 2 is 1.52 bits per heavy atom. The second-order valence-corrected chi connectivity index (χ2v) is 7.63. The number of rotatable bonds is 7. The Morgan fingerprint density at radius 1 is 0.926 bits per heavy atom. The number of hydrogen-bond donors (Lipinski definition) is 2. The van der Waals surface area contributed by atoms with E-state index < -0.39 is 6.10 Å². The molecule has 0 aromatic heterocycles. The standard InChI is InChI=1S/C22H21BrClNO2/c1-27-20-12-10-19(11-13-20)25-21(15-2-6-17(23)7-3-15)14-22(26)16-4-8-18(24)9-5-16/h2-13,21-22,25-26H,14H2,1H3. The quantitative estimate of drug-likeness (QED) is 0.442. The van der Waals surface area contributed by atoms with Gasteiger partial charge in [-0.05, 0) is 59.7 Å². The maximum absolute atomic E-state index is 10.7. The Balaban J connectivity index is 1.82. The van der Waals surface area contributed by atoms with Gasteiger partial charge in [-0.2, -0.15) is 0 Å². The zero-order valence-electron chi connectivity index (χ0n) is 14.9. The van der Waals surface area contributed by atoms with E-state index in [1.165, 1.54) is 0 Å². The van der Waals surface area contributed by atoms with E-state index in [-0.39, 0.29) is 6.04 Å². The molecule has 0 aliphatic rings. The van der Waals surface area contributed by atoms with Gasteiger partial charge in [0.25, 0.3) is 0 Å². The number of hydrogen-bond acceptors (Lipinski definition) is 3. The van der Waals surface area contributed by atoms with E-state index in [2.05, 4.69) is 33.4 Å². The minimum atomic E-state index is -0.610. The topological polar surface area (TPSA) is 41.5 Å². The minimum absolute atomic E-state index is 0.0582. The number of benzene rings is 3. The monoisotopic (exact) mass is 445 g/mol. The molecule has 0 saturated heterocycles. The first-order valence-electron chi connectivity index (χ1n) is 8.65. The predicted octanol–water partition coefficient (Wildman–Crippen LogP) is 6.39. The average Bonchev–Trinajstić information content (AvgIpc) is 2.69. The first kappa shape index (κ1) is 19.7. The molecule has 2 N–H and O–H groups in total. The molecule has 5 heteroatoms. The van der Waals surface area contributed by atoms with Crippen LogP contribution in [0.5, 0.6) is 5.75 Å². The molecule has 3 aromatic rings. The van der Waals surface area contributed by atoms with Crippen LogP contribution in [0.3, 0.4) is 0 Å². The summed E-state index contributed by atoms with van der Waals surface area (Å²) in [6.45, 7) is 0. The molecule has 0 aliphatic carbocycles. The Kier molecular flexibility index (Phi) is 6.78. The van der Waals surface area contributed by atoms with Crippen LogP contribution in [0.1, 0.15) is 29.7 Å². The van der Waals surface area contributed by atoms with Gasteiger partial charge in [0.2, 0.25) is 0 Å². The van der Waals surface area contributed by atoms with E-state index in [1.54, 1.807) is 19.2 Å². The number of aliphatic hydroxyl groups is 1. The lowest BCUT2D eigenvalue weighted by molar-refractivity contribution is 0.160. The van der Waals surface area contributed by atoms with Crippen molar-refractivity contribution >= 4 is 33.2 Å². The van der Waals surface area contributed by atoms with Crippen molar-refractivity contribution in [3.8, 4) is 5.75 Å². The van der Waals surface area contributed by atoms with Crippen LogP contribution in [0.2, 0.25) is 5.02 Å². The van der Waals surface area contributed by atoms with Crippen molar-refractivity contribution in [2.75, 3.05) is 12.4 Å². The van der Waals surface area contributed by atoms with Crippen molar-refractivity contribution in [1.29, 1.82) is 0 Å². The van der Waals surface area contributed by atoms with Gasteiger partial charge in [-0.1, -0.05) is 51.8 Å². The Morgan fingerprint density at radius 3 is 2.11 bits per heavy atom. The van der Waals surface area contributed by atoms with Crippen LogP contribution < -0.4 is 10.1 Å². The minimum Gasteiger partial charge on any atom is -0.497 e. The zero-order chi connectivity index (χ0) is 19.2. The first-order chi connectivity index (χ1) is 13.0. The summed E-state index contributed by atoms with van der Waals surface area (Å²) in [5.74, 6) is 0.807. The molecule has 140 valence electrons. The molecule has 27 heavy (non-hydrogen) atoms. The number of ether oxygens (including phenoxy) is 1. The van der Waals surface area contributed by atoms with Crippen molar-refractivity contribution in [2.45, 2.75) is 18.6 Å². The molecule has 0 bridgehead atoms. The third kappa shape index (κ3) is 5.48. The fraction of sp³-hybridized carbons (Fsp3) is 0.182.